The maximum Gasteiger partial charge on any atom is 0.246 e. The second-order valence-corrected chi connectivity index (χ2v) is 10.5. The highest BCUT2D eigenvalue weighted by Gasteiger charge is 2.32. The van der Waals surface area contributed by atoms with Crippen molar-refractivity contribution >= 4 is 47.1 Å². The van der Waals surface area contributed by atoms with Crippen LogP contribution in [0.25, 0.3) is 0 Å². The Bertz CT molecular complexity index is 1220. The number of aromatic nitrogens is 1. The number of hydrogen-bond acceptors (Lipinski definition) is 5. The molecule has 8 nitrogen and oxygen atoms in total. The number of anilines is 3. The molecule has 0 radical (unpaired) electrons. The van der Waals surface area contributed by atoms with Crippen LogP contribution in [0.5, 0.6) is 0 Å². The Morgan fingerprint density at radius 1 is 1.21 bits per heavy atom. The van der Waals surface area contributed by atoms with Gasteiger partial charge in [0.15, 0.2) is 5.82 Å². The zero-order valence-corrected chi connectivity index (χ0v) is 23.5. The Hall–Kier alpha value is -3.39. The van der Waals surface area contributed by atoms with Gasteiger partial charge in [-0.15, -0.1) is 0 Å². The molecule has 1 unspecified atom stereocenters. The molecule has 1 aromatic carbocycles. The van der Waals surface area contributed by atoms with Crippen LogP contribution in [0.15, 0.2) is 48.0 Å². The number of pyridine rings is 1. The quantitative estimate of drug-likeness (QED) is 0.219. The molecule has 0 aliphatic carbocycles. The average Bonchev–Trinajstić information content (AvgIpc) is 3.46. The number of carbonyl (C=O) groups is 2. The first-order valence-electron chi connectivity index (χ1n) is 13.2. The lowest BCUT2D eigenvalue weighted by atomic mass is 10.00. The normalized spacial score (nSPS) is 18.2. The Morgan fingerprint density at radius 3 is 2.53 bits per heavy atom. The number of benzene rings is 1. The van der Waals surface area contributed by atoms with Crippen molar-refractivity contribution in [3.05, 3.63) is 59.1 Å². The minimum atomic E-state index is -0.0794. The summed E-state index contributed by atoms with van der Waals surface area (Å²) in [6.07, 6.45) is 4.33. The average molecular weight is 537 g/mol. The van der Waals surface area contributed by atoms with Crippen LogP contribution in [0.2, 0.25) is 5.02 Å². The lowest BCUT2D eigenvalue weighted by molar-refractivity contribution is -0.128. The van der Waals surface area contributed by atoms with Crippen LogP contribution >= 0.6 is 11.6 Å². The first-order chi connectivity index (χ1) is 18.3. The molecule has 2 aromatic rings. The molecule has 2 aliphatic rings. The number of aliphatic imine (C=N–C) groups is 1. The predicted molar refractivity (Wildman–Crippen MR) is 155 cm³/mol. The fourth-order valence-corrected chi connectivity index (χ4v) is 5.66. The molecule has 1 atom stereocenters. The maximum absolute atomic E-state index is 12.8. The van der Waals surface area contributed by atoms with E-state index in [0.29, 0.717) is 47.7 Å². The van der Waals surface area contributed by atoms with Crippen molar-refractivity contribution < 1.29 is 9.59 Å². The van der Waals surface area contributed by atoms with Gasteiger partial charge in [-0.3, -0.25) is 19.5 Å². The fourth-order valence-electron chi connectivity index (χ4n) is 5.39. The van der Waals surface area contributed by atoms with E-state index in [1.807, 2.05) is 30.3 Å². The monoisotopic (exact) mass is 536 g/mol. The molecule has 2 fully saturated rings. The second-order valence-electron chi connectivity index (χ2n) is 10.1. The van der Waals surface area contributed by atoms with Gasteiger partial charge in [-0.25, -0.2) is 4.98 Å². The van der Waals surface area contributed by atoms with Crippen molar-refractivity contribution in [3.8, 4) is 0 Å². The molecule has 2 saturated heterocycles. The van der Waals surface area contributed by atoms with Gasteiger partial charge in [-0.2, -0.15) is 0 Å². The van der Waals surface area contributed by atoms with E-state index in [4.69, 9.17) is 16.6 Å². The number of amidine groups is 1. The van der Waals surface area contributed by atoms with E-state index in [0.717, 1.165) is 43.6 Å². The van der Waals surface area contributed by atoms with Crippen molar-refractivity contribution in [2.45, 2.75) is 45.6 Å². The Labute approximate surface area is 230 Å². The van der Waals surface area contributed by atoms with Gasteiger partial charge in [0.2, 0.25) is 12.3 Å². The summed E-state index contributed by atoms with van der Waals surface area (Å²) in [6.45, 7) is 13.3. The SMILES string of the molecule is C=CC(=O)N1CCN(/C(=N/C)c2cc(Cl)c(N3CCCC3)nc2N(C=O)c2ccccc2C(C)C)C(C)C1. The first-order valence-corrected chi connectivity index (χ1v) is 13.6. The van der Waals surface area contributed by atoms with Crippen molar-refractivity contribution in [2.75, 3.05) is 49.6 Å². The zero-order valence-electron chi connectivity index (χ0n) is 22.7. The highest BCUT2D eigenvalue weighted by atomic mass is 35.5. The molecule has 4 rings (SSSR count). The Balaban J connectivity index is 1.84. The molecule has 0 bridgehead atoms. The molecule has 0 N–H and O–H groups in total. The van der Waals surface area contributed by atoms with E-state index in [1.54, 1.807) is 16.8 Å². The summed E-state index contributed by atoms with van der Waals surface area (Å²) in [7, 11) is 1.74. The van der Waals surface area contributed by atoms with Gasteiger partial charge in [0, 0.05) is 45.8 Å². The largest absolute Gasteiger partial charge is 0.355 e. The summed E-state index contributed by atoms with van der Waals surface area (Å²) < 4.78 is 0. The van der Waals surface area contributed by atoms with Gasteiger partial charge < -0.3 is 14.7 Å². The summed E-state index contributed by atoms with van der Waals surface area (Å²) >= 11 is 6.87. The summed E-state index contributed by atoms with van der Waals surface area (Å²) in [4.78, 5) is 42.5. The van der Waals surface area contributed by atoms with E-state index < -0.39 is 0 Å². The third-order valence-electron chi connectivity index (χ3n) is 7.33. The number of rotatable bonds is 7. The molecule has 0 saturated carbocycles. The number of halogens is 1. The summed E-state index contributed by atoms with van der Waals surface area (Å²) in [6, 6.07) is 9.79. The number of hydrogen-bond donors (Lipinski definition) is 0. The van der Waals surface area contributed by atoms with Crippen LogP contribution in [0.3, 0.4) is 0 Å². The van der Waals surface area contributed by atoms with Gasteiger partial charge in [-0.1, -0.05) is 50.2 Å². The van der Waals surface area contributed by atoms with Crippen LogP contribution in [0.1, 0.15) is 50.7 Å². The van der Waals surface area contributed by atoms with E-state index in [1.165, 1.54) is 6.08 Å². The van der Waals surface area contributed by atoms with Crippen LogP contribution in [0.4, 0.5) is 17.3 Å². The zero-order chi connectivity index (χ0) is 27.4. The summed E-state index contributed by atoms with van der Waals surface area (Å²) in [5.74, 6) is 1.99. The molecule has 3 heterocycles. The lowest BCUT2D eigenvalue weighted by Gasteiger charge is -2.41. The Kier molecular flexibility index (Phi) is 8.72. The van der Waals surface area contributed by atoms with E-state index in [-0.39, 0.29) is 17.9 Å². The van der Waals surface area contributed by atoms with E-state index in [2.05, 4.69) is 42.1 Å². The smallest absolute Gasteiger partial charge is 0.246 e. The van der Waals surface area contributed by atoms with Crippen molar-refractivity contribution in [2.24, 2.45) is 4.99 Å². The molecule has 2 aliphatic heterocycles. The minimum absolute atomic E-state index is 0.0103. The number of amides is 2. The summed E-state index contributed by atoms with van der Waals surface area (Å²) in [5, 5.41) is 0.530. The molecule has 0 spiro atoms. The van der Waals surface area contributed by atoms with Gasteiger partial charge in [-0.05, 0) is 49.5 Å². The number of nitrogens with zero attached hydrogens (tertiary/aromatic N) is 6. The van der Waals surface area contributed by atoms with Crippen LogP contribution in [0, 0.1) is 0 Å². The molecule has 1 aromatic heterocycles. The number of carbonyl (C=O) groups excluding carboxylic acids is 2. The third kappa shape index (κ3) is 5.41. The van der Waals surface area contributed by atoms with Gasteiger partial charge >= 0.3 is 0 Å². The lowest BCUT2D eigenvalue weighted by Crippen LogP contribution is -2.55. The maximum atomic E-state index is 12.8. The first kappa shape index (κ1) is 27.6. The highest BCUT2D eigenvalue weighted by molar-refractivity contribution is 6.33. The molecule has 2 amide bonds. The second kappa shape index (κ2) is 12.0. The standard InChI is InChI=1S/C29H37ClN6O2/c1-6-26(38)34-15-16-35(21(4)18-34)27(31-5)23-17-24(30)29(33-13-9-10-14-33)32-28(23)36(19-37)25-12-8-7-11-22(25)20(2)3/h6-8,11-12,17,19-21H,1,9-10,13-16,18H2,2-5H3/b31-27+. The van der Waals surface area contributed by atoms with Crippen molar-refractivity contribution in [1.29, 1.82) is 0 Å². The molecular formula is C29H37ClN6O2. The molecule has 202 valence electrons. The number of piperazine rings is 1. The van der Waals surface area contributed by atoms with Crippen LogP contribution in [-0.2, 0) is 9.59 Å². The fraction of sp³-hybridized carbons (Fsp3) is 0.448. The summed E-state index contributed by atoms with van der Waals surface area (Å²) in [5.41, 5.74) is 2.51. The molecule has 9 heteroatoms. The third-order valence-corrected chi connectivity index (χ3v) is 7.61. The van der Waals surface area contributed by atoms with Gasteiger partial charge in [0.05, 0.1) is 16.3 Å². The van der Waals surface area contributed by atoms with E-state index in [9.17, 15) is 9.59 Å². The molecule has 38 heavy (non-hydrogen) atoms. The van der Waals surface area contributed by atoms with E-state index >= 15 is 0 Å². The van der Waals surface area contributed by atoms with Crippen LogP contribution < -0.4 is 9.80 Å². The van der Waals surface area contributed by atoms with Gasteiger partial charge in [0.25, 0.3) is 0 Å². The minimum Gasteiger partial charge on any atom is -0.355 e. The topological polar surface area (TPSA) is 72.4 Å². The van der Waals surface area contributed by atoms with Crippen LogP contribution in [-0.4, -0.2) is 78.7 Å². The predicted octanol–water partition coefficient (Wildman–Crippen LogP) is 4.85. The van der Waals surface area contributed by atoms with Crippen molar-refractivity contribution in [1.82, 2.24) is 14.8 Å². The Morgan fingerprint density at radius 2 is 1.92 bits per heavy atom. The van der Waals surface area contributed by atoms with Crippen molar-refractivity contribution in [3.63, 3.8) is 0 Å². The number of para-hydroxylation sites is 1. The molecular weight excluding hydrogens is 500 g/mol. The highest BCUT2D eigenvalue weighted by Crippen LogP contribution is 2.38. The van der Waals surface area contributed by atoms with Gasteiger partial charge in [0.1, 0.15) is 11.7 Å².